The Bertz CT molecular complexity index is 673. The standard InChI is InChI=1S/C17H19BrN2O2/c1-11-7-8-16(22-3)15(9-11)20-17(21)19-12(2)13-5-4-6-14(18)10-13/h4-10,12H,1-3H3,(H2,19,20,21). The van der Waals surface area contributed by atoms with Crippen LogP contribution in [0.4, 0.5) is 10.5 Å². The lowest BCUT2D eigenvalue weighted by Crippen LogP contribution is -2.31. The van der Waals surface area contributed by atoms with Crippen molar-refractivity contribution in [1.82, 2.24) is 5.32 Å². The Hall–Kier alpha value is -2.01. The van der Waals surface area contributed by atoms with E-state index in [0.29, 0.717) is 11.4 Å². The SMILES string of the molecule is COc1ccc(C)cc1NC(=O)NC(C)c1cccc(Br)c1. The average Bonchev–Trinajstić information content (AvgIpc) is 2.47. The molecule has 0 aromatic heterocycles. The normalized spacial score (nSPS) is 11.6. The number of carbonyl (C=O) groups is 1. The third kappa shape index (κ3) is 4.24. The summed E-state index contributed by atoms with van der Waals surface area (Å²) in [5.41, 5.74) is 2.73. The van der Waals surface area contributed by atoms with Gasteiger partial charge in [-0.3, -0.25) is 0 Å². The van der Waals surface area contributed by atoms with Crippen molar-refractivity contribution in [3.8, 4) is 5.75 Å². The zero-order valence-corrected chi connectivity index (χ0v) is 14.4. The van der Waals surface area contributed by atoms with Crippen LogP contribution in [0.25, 0.3) is 0 Å². The van der Waals surface area contributed by atoms with E-state index in [4.69, 9.17) is 4.74 Å². The lowest BCUT2D eigenvalue weighted by atomic mass is 10.1. The fourth-order valence-electron chi connectivity index (χ4n) is 2.13. The summed E-state index contributed by atoms with van der Waals surface area (Å²) in [4.78, 5) is 12.2. The van der Waals surface area contributed by atoms with E-state index in [2.05, 4.69) is 26.6 Å². The number of ether oxygens (including phenoxy) is 1. The molecule has 2 aromatic carbocycles. The van der Waals surface area contributed by atoms with Crippen molar-refractivity contribution in [3.05, 3.63) is 58.1 Å². The summed E-state index contributed by atoms with van der Waals surface area (Å²) >= 11 is 3.43. The van der Waals surface area contributed by atoms with Gasteiger partial charge in [-0.25, -0.2) is 4.79 Å². The Balaban J connectivity index is 2.05. The molecule has 2 rings (SSSR count). The molecule has 0 saturated carbocycles. The number of halogens is 1. The predicted molar refractivity (Wildman–Crippen MR) is 92.4 cm³/mol. The van der Waals surface area contributed by atoms with Gasteiger partial charge in [-0.1, -0.05) is 34.1 Å². The first-order valence-corrected chi connectivity index (χ1v) is 7.76. The summed E-state index contributed by atoms with van der Waals surface area (Å²) in [5.74, 6) is 0.635. The Labute approximate surface area is 139 Å². The molecule has 22 heavy (non-hydrogen) atoms. The minimum Gasteiger partial charge on any atom is -0.495 e. The second kappa shape index (κ2) is 7.31. The second-order valence-corrected chi connectivity index (χ2v) is 5.99. The molecule has 0 saturated heterocycles. The molecule has 2 N–H and O–H groups in total. The fraction of sp³-hybridized carbons (Fsp3) is 0.235. The maximum Gasteiger partial charge on any atom is 0.319 e. The Morgan fingerprint density at radius 1 is 1.23 bits per heavy atom. The molecule has 1 unspecified atom stereocenters. The highest BCUT2D eigenvalue weighted by molar-refractivity contribution is 9.10. The molecule has 116 valence electrons. The van der Waals surface area contributed by atoms with E-state index in [-0.39, 0.29) is 12.1 Å². The maximum atomic E-state index is 12.2. The predicted octanol–water partition coefficient (Wildman–Crippen LogP) is 4.65. The largest absolute Gasteiger partial charge is 0.495 e. The number of hydrogen-bond donors (Lipinski definition) is 2. The van der Waals surface area contributed by atoms with Gasteiger partial charge in [0.05, 0.1) is 18.8 Å². The zero-order chi connectivity index (χ0) is 16.1. The number of benzene rings is 2. The highest BCUT2D eigenvalue weighted by Crippen LogP contribution is 2.25. The van der Waals surface area contributed by atoms with Crippen LogP contribution in [0.3, 0.4) is 0 Å². The first-order valence-electron chi connectivity index (χ1n) is 6.97. The van der Waals surface area contributed by atoms with Gasteiger partial charge in [0.15, 0.2) is 0 Å². The molecule has 2 amide bonds. The first kappa shape index (κ1) is 16.4. The van der Waals surface area contributed by atoms with Crippen molar-refractivity contribution in [2.75, 3.05) is 12.4 Å². The van der Waals surface area contributed by atoms with Gasteiger partial charge in [0.2, 0.25) is 0 Å². The van der Waals surface area contributed by atoms with E-state index >= 15 is 0 Å². The van der Waals surface area contributed by atoms with Crippen molar-refractivity contribution in [1.29, 1.82) is 0 Å². The number of aryl methyl sites for hydroxylation is 1. The molecule has 0 aliphatic carbocycles. The van der Waals surface area contributed by atoms with Gasteiger partial charge in [-0.2, -0.15) is 0 Å². The molecule has 2 aromatic rings. The van der Waals surface area contributed by atoms with Gasteiger partial charge in [-0.05, 0) is 49.2 Å². The number of rotatable bonds is 4. The van der Waals surface area contributed by atoms with Gasteiger partial charge < -0.3 is 15.4 Å². The van der Waals surface area contributed by atoms with Crippen LogP contribution in [-0.2, 0) is 0 Å². The summed E-state index contributed by atoms with van der Waals surface area (Å²) in [6.45, 7) is 3.90. The zero-order valence-electron chi connectivity index (χ0n) is 12.8. The van der Waals surface area contributed by atoms with E-state index in [9.17, 15) is 4.79 Å². The Morgan fingerprint density at radius 2 is 2.00 bits per heavy atom. The lowest BCUT2D eigenvalue weighted by molar-refractivity contribution is 0.249. The van der Waals surface area contributed by atoms with Crippen LogP contribution in [-0.4, -0.2) is 13.1 Å². The third-order valence-corrected chi connectivity index (χ3v) is 3.79. The summed E-state index contributed by atoms with van der Waals surface area (Å²) in [6.07, 6.45) is 0. The molecule has 0 radical (unpaired) electrons. The smallest absolute Gasteiger partial charge is 0.319 e. The van der Waals surface area contributed by atoms with Crippen LogP contribution in [0, 0.1) is 6.92 Å². The van der Waals surface area contributed by atoms with E-state index in [1.54, 1.807) is 7.11 Å². The fourth-order valence-corrected chi connectivity index (χ4v) is 2.55. The van der Waals surface area contributed by atoms with Gasteiger partial charge in [-0.15, -0.1) is 0 Å². The van der Waals surface area contributed by atoms with E-state index in [1.807, 2.05) is 56.3 Å². The molecule has 5 heteroatoms. The van der Waals surface area contributed by atoms with Crippen LogP contribution in [0.1, 0.15) is 24.1 Å². The summed E-state index contributed by atoms with van der Waals surface area (Å²) < 4.78 is 6.24. The van der Waals surface area contributed by atoms with Crippen molar-refractivity contribution in [2.24, 2.45) is 0 Å². The summed E-state index contributed by atoms with van der Waals surface area (Å²) in [6, 6.07) is 13.1. The molecule has 0 aliphatic rings. The Kier molecular flexibility index (Phi) is 5.44. The lowest BCUT2D eigenvalue weighted by Gasteiger charge is -2.16. The quantitative estimate of drug-likeness (QED) is 0.831. The van der Waals surface area contributed by atoms with Crippen molar-refractivity contribution < 1.29 is 9.53 Å². The molecule has 0 aliphatic heterocycles. The third-order valence-electron chi connectivity index (χ3n) is 3.30. The van der Waals surface area contributed by atoms with Crippen LogP contribution in [0.15, 0.2) is 46.9 Å². The minimum absolute atomic E-state index is 0.103. The van der Waals surface area contributed by atoms with Crippen LogP contribution < -0.4 is 15.4 Å². The number of methoxy groups -OCH3 is 1. The maximum absolute atomic E-state index is 12.2. The van der Waals surface area contributed by atoms with Gasteiger partial charge in [0.1, 0.15) is 5.75 Å². The molecule has 0 spiro atoms. The summed E-state index contributed by atoms with van der Waals surface area (Å²) in [7, 11) is 1.58. The second-order valence-electron chi connectivity index (χ2n) is 5.08. The van der Waals surface area contributed by atoms with Crippen LogP contribution in [0.5, 0.6) is 5.75 Å². The molecule has 0 fully saturated rings. The Morgan fingerprint density at radius 3 is 2.68 bits per heavy atom. The van der Waals surface area contributed by atoms with E-state index in [0.717, 1.165) is 15.6 Å². The van der Waals surface area contributed by atoms with Crippen molar-refractivity contribution in [3.63, 3.8) is 0 Å². The average molecular weight is 363 g/mol. The molecule has 0 heterocycles. The van der Waals surface area contributed by atoms with Crippen molar-refractivity contribution >= 4 is 27.6 Å². The minimum atomic E-state index is -0.267. The van der Waals surface area contributed by atoms with Crippen LogP contribution in [0.2, 0.25) is 0 Å². The van der Waals surface area contributed by atoms with Crippen molar-refractivity contribution in [2.45, 2.75) is 19.9 Å². The topological polar surface area (TPSA) is 50.4 Å². The number of urea groups is 1. The van der Waals surface area contributed by atoms with Gasteiger partial charge in [0.25, 0.3) is 0 Å². The highest BCUT2D eigenvalue weighted by atomic mass is 79.9. The number of amides is 2. The number of nitrogens with one attached hydrogen (secondary N) is 2. The molecule has 4 nitrogen and oxygen atoms in total. The molecular weight excluding hydrogens is 344 g/mol. The first-order chi connectivity index (χ1) is 10.5. The number of hydrogen-bond acceptors (Lipinski definition) is 2. The number of anilines is 1. The molecule has 0 bridgehead atoms. The van der Waals surface area contributed by atoms with E-state index in [1.165, 1.54) is 0 Å². The van der Waals surface area contributed by atoms with Gasteiger partial charge >= 0.3 is 6.03 Å². The van der Waals surface area contributed by atoms with Gasteiger partial charge in [0, 0.05) is 4.47 Å². The molecular formula is C17H19BrN2O2. The highest BCUT2D eigenvalue weighted by Gasteiger charge is 2.12. The number of carbonyl (C=O) groups excluding carboxylic acids is 1. The van der Waals surface area contributed by atoms with E-state index < -0.39 is 0 Å². The summed E-state index contributed by atoms with van der Waals surface area (Å²) in [5, 5.41) is 5.75. The van der Waals surface area contributed by atoms with Crippen LogP contribution >= 0.6 is 15.9 Å². The monoisotopic (exact) mass is 362 g/mol. The molecule has 1 atom stereocenters.